The summed E-state index contributed by atoms with van der Waals surface area (Å²) in [5.74, 6) is -4.12. The van der Waals surface area contributed by atoms with E-state index in [0.717, 1.165) is 0 Å². The van der Waals surface area contributed by atoms with Crippen molar-refractivity contribution in [3.63, 3.8) is 0 Å². The van der Waals surface area contributed by atoms with E-state index >= 15 is 0 Å². The first-order valence-electron chi connectivity index (χ1n) is 4.34. The van der Waals surface area contributed by atoms with E-state index in [-0.39, 0.29) is 11.3 Å². The van der Waals surface area contributed by atoms with Gasteiger partial charge in [0.25, 0.3) is 5.79 Å². The van der Waals surface area contributed by atoms with Crippen LogP contribution >= 0.6 is 0 Å². The third-order valence-corrected chi connectivity index (χ3v) is 2.08. The summed E-state index contributed by atoms with van der Waals surface area (Å²) in [7, 11) is 2.78. The Morgan fingerprint density at radius 1 is 1.19 bits per heavy atom. The summed E-state index contributed by atoms with van der Waals surface area (Å²) in [6.07, 6.45) is 0. The molecular formula is C10H12O6. The first-order chi connectivity index (χ1) is 7.43. The summed E-state index contributed by atoms with van der Waals surface area (Å²) in [6, 6.07) is 3.81. The minimum Gasteiger partial charge on any atom is -0.493 e. The molecule has 3 N–H and O–H groups in total. The Morgan fingerprint density at radius 2 is 1.75 bits per heavy atom. The number of carboxylic acids is 1. The minimum atomic E-state index is -2.94. The summed E-state index contributed by atoms with van der Waals surface area (Å²) in [5, 5.41) is 27.2. The van der Waals surface area contributed by atoms with Gasteiger partial charge < -0.3 is 24.8 Å². The van der Waals surface area contributed by atoms with Crippen molar-refractivity contribution in [2.75, 3.05) is 14.2 Å². The average molecular weight is 228 g/mol. The van der Waals surface area contributed by atoms with E-state index in [2.05, 4.69) is 0 Å². The molecule has 0 heterocycles. The van der Waals surface area contributed by atoms with Gasteiger partial charge >= 0.3 is 5.97 Å². The van der Waals surface area contributed by atoms with Crippen LogP contribution in [0.3, 0.4) is 0 Å². The highest BCUT2D eigenvalue weighted by atomic mass is 16.5. The van der Waals surface area contributed by atoms with Gasteiger partial charge in [-0.05, 0) is 18.2 Å². The van der Waals surface area contributed by atoms with Crippen molar-refractivity contribution in [1.29, 1.82) is 0 Å². The second-order valence-corrected chi connectivity index (χ2v) is 3.05. The number of carboxylic acid groups (broad SMARTS) is 1. The quantitative estimate of drug-likeness (QED) is 0.624. The van der Waals surface area contributed by atoms with Crippen molar-refractivity contribution < 1.29 is 29.6 Å². The third-order valence-electron chi connectivity index (χ3n) is 2.08. The highest BCUT2D eigenvalue weighted by molar-refractivity contribution is 5.77. The smallest absolute Gasteiger partial charge is 0.369 e. The van der Waals surface area contributed by atoms with Crippen LogP contribution in [0.25, 0.3) is 0 Å². The molecule has 6 heteroatoms. The molecule has 0 bridgehead atoms. The van der Waals surface area contributed by atoms with Crippen LogP contribution in [0.4, 0.5) is 0 Å². The van der Waals surface area contributed by atoms with Crippen LogP contribution < -0.4 is 9.47 Å². The van der Waals surface area contributed by atoms with Gasteiger partial charge in [0.05, 0.1) is 14.2 Å². The molecule has 0 atom stereocenters. The number of carbonyl (C=O) groups is 1. The third kappa shape index (κ3) is 2.07. The van der Waals surface area contributed by atoms with Crippen LogP contribution in [-0.2, 0) is 10.6 Å². The molecule has 0 aliphatic carbocycles. The number of ether oxygens (including phenoxy) is 2. The fraction of sp³-hybridized carbons (Fsp3) is 0.300. The Kier molecular flexibility index (Phi) is 3.36. The van der Waals surface area contributed by atoms with Gasteiger partial charge in [0.15, 0.2) is 11.5 Å². The first kappa shape index (κ1) is 12.3. The first-order valence-corrected chi connectivity index (χ1v) is 4.34. The Bertz CT molecular complexity index is 398. The van der Waals surface area contributed by atoms with E-state index < -0.39 is 11.8 Å². The van der Waals surface area contributed by atoms with Crippen LogP contribution in [0.1, 0.15) is 5.56 Å². The van der Waals surface area contributed by atoms with E-state index in [4.69, 9.17) is 14.6 Å². The fourth-order valence-electron chi connectivity index (χ4n) is 1.18. The van der Waals surface area contributed by atoms with E-state index in [1.54, 1.807) is 0 Å². The summed E-state index contributed by atoms with van der Waals surface area (Å²) in [4.78, 5) is 10.6. The Labute approximate surface area is 91.7 Å². The van der Waals surface area contributed by atoms with Gasteiger partial charge in [0.2, 0.25) is 0 Å². The van der Waals surface area contributed by atoms with Gasteiger partial charge in [0, 0.05) is 5.56 Å². The number of methoxy groups -OCH3 is 2. The predicted molar refractivity (Wildman–Crippen MR) is 53.3 cm³/mol. The number of aliphatic carboxylic acids is 1. The molecule has 6 nitrogen and oxygen atoms in total. The lowest BCUT2D eigenvalue weighted by Crippen LogP contribution is -2.35. The highest BCUT2D eigenvalue weighted by Crippen LogP contribution is 2.31. The van der Waals surface area contributed by atoms with Crippen molar-refractivity contribution in [1.82, 2.24) is 0 Å². The number of aliphatic hydroxyl groups is 2. The molecule has 0 saturated carbocycles. The molecule has 0 amide bonds. The number of hydrogen-bond donors (Lipinski definition) is 3. The lowest BCUT2D eigenvalue weighted by atomic mass is 10.1. The van der Waals surface area contributed by atoms with Gasteiger partial charge in [0.1, 0.15) is 0 Å². The van der Waals surface area contributed by atoms with Crippen molar-refractivity contribution in [3.8, 4) is 11.5 Å². The normalized spacial score (nSPS) is 11.0. The molecule has 0 fully saturated rings. The van der Waals surface area contributed by atoms with Crippen LogP contribution in [0.15, 0.2) is 18.2 Å². The lowest BCUT2D eigenvalue weighted by molar-refractivity contribution is -0.208. The zero-order valence-corrected chi connectivity index (χ0v) is 8.80. The average Bonchev–Trinajstić information content (AvgIpc) is 2.27. The topological polar surface area (TPSA) is 96.2 Å². The maximum atomic E-state index is 10.6. The van der Waals surface area contributed by atoms with Crippen molar-refractivity contribution in [3.05, 3.63) is 23.8 Å². The molecule has 0 spiro atoms. The summed E-state index contributed by atoms with van der Waals surface area (Å²) in [6.45, 7) is 0. The molecule has 0 aliphatic heterocycles. The molecule has 88 valence electrons. The molecule has 1 aromatic carbocycles. The van der Waals surface area contributed by atoms with E-state index in [1.165, 1.54) is 32.4 Å². The van der Waals surface area contributed by atoms with Gasteiger partial charge in [-0.15, -0.1) is 0 Å². The Balaban J connectivity index is 3.23. The van der Waals surface area contributed by atoms with Crippen LogP contribution in [0, 0.1) is 0 Å². The molecule has 0 aliphatic rings. The number of rotatable bonds is 4. The van der Waals surface area contributed by atoms with E-state index in [0.29, 0.717) is 5.75 Å². The summed E-state index contributed by atoms with van der Waals surface area (Å²) in [5.41, 5.74) is -0.211. The molecule has 16 heavy (non-hydrogen) atoms. The van der Waals surface area contributed by atoms with Crippen LogP contribution in [0.2, 0.25) is 0 Å². The highest BCUT2D eigenvalue weighted by Gasteiger charge is 2.36. The van der Waals surface area contributed by atoms with Gasteiger partial charge in [-0.1, -0.05) is 0 Å². The molecular weight excluding hydrogens is 216 g/mol. The van der Waals surface area contributed by atoms with Crippen LogP contribution in [0.5, 0.6) is 11.5 Å². The second kappa shape index (κ2) is 4.38. The Morgan fingerprint density at radius 3 is 2.19 bits per heavy atom. The lowest BCUT2D eigenvalue weighted by Gasteiger charge is -2.18. The molecule has 0 saturated heterocycles. The molecule has 0 unspecified atom stereocenters. The summed E-state index contributed by atoms with van der Waals surface area (Å²) >= 11 is 0. The van der Waals surface area contributed by atoms with Crippen LogP contribution in [-0.4, -0.2) is 35.5 Å². The minimum absolute atomic E-state index is 0.211. The SMILES string of the molecule is COc1ccc(C(O)(O)C(=O)O)cc1OC. The van der Waals surface area contributed by atoms with Gasteiger partial charge in [-0.3, -0.25) is 0 Å². The van der Waals surface area contributed by atoms with E-state index in [9.17, 15) is 15.0 Å². The van der Waals surface area contributed by atoms with E-state index in [1.807, 2.05) is 0 Å². The van der Waals surface area contributed by atoms with Crippen molar-refractivity contribution in [2.24, 2.45) is 0 Å². The summed E-state index contributed by atoms with van der Waals surface area (Å²) < 4.78 is 9.84. The number of benzene rings is 1. The predicted octanol–water partition coefficient (Wildman–Crippen LogP) is -0.0742. The fourth-order valence-corrected chi connectivity index (χ4v) is 1.18. The van der Waals surface area contributed by atoms with Gasteiger partial charge in [-0.2, -0.15) is 0 Å². The largest absolute Gasteiger partial charge is 0.493 e. The Hall–Kier alpha value is -1.79. The zero-order valence-electron chi connectivity index (χ0n) is 8.80. The molecule has 1 aromatic rings. The molecule has 1 rings (SSSR count). The van der Waals surface area contributed by atoms with Crippen molar-refractivity contribution >= 4 is 5.97 Å². The van der Waals surface area contributed by atoms with Gasteiger partial charge in [-0.25, -0.2) is 4.79 Å². The molecule has 0 radical (unpaired) electrons. The monoisotopic (exact) mass is 228 g/mol. The molecule has 0 aromatic heterocycles. The maximum Gasteiger partial charge on any atom is 0.369 e. The standard InChI is InChI=1S/C10H12O6/c1-15-7-4-3-6(5-8(7)16-2)10(13,14)9(11)12/h3-5,13-14H,1-2H3,(H,11,12). The zero-order chi connectivity index (χ0) is 12.3. The second-order valence-electron chi connectivity index (χ2n) is 3.05. The van der Waals surface area contributed by atoms with Crippen molar-refractivity contribution in [2.45, 2.75) is 5.79 Å². The number of hydrogen-bond acceptors (Lipinski definition) is 5. The maximum absolute atomic E-state index is 10.6.